The van der Waals surface area contributed by atoms with E-state index in [1.807, 2.05) is 0 Å². The molecule has 0 spiro atoms. The highest BCUT2D eigenvalue weighted by Crippen LogP contribution is 2.19. The predicted molar refractivity (Wildman–Crippen MR) is 126 cm³/mol. The van der Waals surface area contributed by atoms with Gasteiger partial charge in [-0.1, -0.05) is 79.1 Å². The summed E-state index contributed by atoms with van der Waals surface area (Å²) in [5.74, 6) is 0. The van der Waals surface area contributed by atoms with Crippen LogP contribution in [-0.4, -0.2) is 30.7 Å². The van der Waals surface area contributed by atoms with Gasteiger partial charge >= 0.3 is 2.85 Å². The van der Waals surface area contributed by atoms with E-state index >= 15 is 0 Å². The Hall–Kier alpha value is 0.0700. The van der Waals surface area contributed by atoms with Crippen LogP contribution in [0.2, 0.25) is 0 Å². The predicted octanol–water partition coefficient (Wildman–Crippen LogP) is 5.52. The summed E-state index contributed by atoms with van der Waals surface area (Å²) in [4.78, 5) is 25.6. The quantitative estimate of drug-likeness (QED) is 0.138. The topological polar surface area (TPSA) is 86.2 Å². The van der Waals surface area contributed by atoms with Crippen LogP contribution in [0, 0.1) is 0 Å². The van der Waals surface area contributed by atoms with Crippen molar-refractivity contribution < 1.29 is 26.6 Å². The number of nitrogens with zero attached hydrogens (tertiary/aromatic N) is 1. The average molecular weight is 452 g/mol. The second-order valence-electron chi connectivity index (χ2n) is 8.93. The van der Waals surface area contributed by atoms with Crippen LogP contribution < -0.4 is 14.7 Å². The molecule has 0 N–H and O–H groups in total. The van der Waals surface area contributed by atoms with E-state index in [4.69, 9.17) is 19.2 Å². The van der Waals surface area contributed by atoms with Crippen LogP contribution in [0.1, 0.15) is 133 Å². The Morgan fingerprint density at radius 1 is 0.500 bits per heavy atom. The van der Waals surface area contributed by atoms with Crippen molar-refractivity contribution in [2.45, 2.75) is 130 Å². The molecule has 0 amide bonds. The van der Waals surface area contributed by atoms with E-state index in [1.54, 1.807) is 0 Å². The summed E-state index contributed by atoms with van der Waals surface area (Å²) in [7, 11) is -5.39. The van der Waals surface area contributed by atoms with Crippen LogP contribution in [-0.2, 0) is 4.57 Å². The smallest absolute Gasteiger partial charge is 0.822 e. The number of hydrogen-bond donors (Lipinski definition) is 0. The van der Waals surface area contributed by atoms with Gasteiger partial charge in [0, 0.05) is 0 Å². The lowest BCUT2D eigenvalue weighted by atomic mass is 10.1. The number of unbranched alkanes of at least 4 members (excludes halogenated alkanes) is 12. The minimum absolute atomic E-state index is 0. The molecule has 30 heavy (non-hydrogen) atoms. The third-order valence-corrected chi connectivity index (χ3v) is 5.94. The molecule has 0 aliphatic carbocycles. The van der Waals surface area contributed by atoms with E-state index in [9.17, 15) is 0 Å². The highest BCUT2D eigenvalue weighted by Gasteiger charge is 2.25. The van der Waals surface area contributed by atoms with Crippen LogP contribution in [0.3, 0.4) is 0 Å². The molecule has 6 heteroatoms. The SMILES string of the molecule is CCCCCC[N+](CCCCCC)(CCCCCC)CCCCCC.O=P([O-])([O-])[O-].[H+].[H+]. The zero-order chi connectivity index (χ0) is 23.1. The molecule has 0 aliphatic rings. The molecular weight excluding hydrogens is 397 g/mol. The zero-order valence-electron chi connectivity index (χ0n) is 22.7. The lowest BCUT2D eigenvalue weighted by molar-refractivity contribution is -0.929. The molecule has 0 aliphatic heterocycles. The van der Waals surface area contributed by atoms with Gasteiger partial charge < -0.3 is 23.7 Å². The summed E-state index contributed by atoms with van der Waals surface area (Å²) in [5.41, 5.74) is 0. The van der Waals surface area contributed by atoms with E-state index in [1.165, 1.54) is 133 Å². The van der Waals surface area contributed by atoms with Crippen molar-refractivity contribution in [1.29, 1.82) is 0 Å². The molecule has 0 saturated heterocycles. The minimum atomic E-state index is -5.39. The number of phosphoric acid groups is 1. The maximum atomic E-state index is 8.55. The lowest BCUT2D eigenvalue weighted by Crippen LogP contribution is -2.50. The minimum Gasteiger partial charge on any atom is -0.822 e. The molecule has 0 fully saturated rings. The second-order valence-corrected chi connectivity index (χ2v) is 9.82. The Morgan fingerprint density at radius 2 is 0.700 bits per heavy atom. The molecule has 0 aromatic carbocycles. The molecule has 0 heterocycles. The van der Waals surface area contributed by atoms with Crippen molar-refractivity contribution in [1.82, 2.24) is 0 Å². The van der Waals surface area contributed by atoms with Gasteiger partial charge in [0.1, 0.15) is 0 Å². The van der Waals surface area contributed by atoms with Crippen LogP contribution in [0.25, 0.3) is 0 Å². The molecule has 0 atom stereocenters. The molecule has 0 aromatic heterocycles. The summed E-state index contributed by atoms with van der Waals surface area (Å²) in [6.07, 6.45) is 22.8. The van der Waals surface area contributed by atoms with Gasteiger partial charge in [0.2, 0.25) is 0 Å². The normalized spacial score (nSPS) is 12.0. The van der Waals surface area contributed by atoms with Crippen molar-refractivity contribution in [3.8, 4) is 0 Å². The van der Waals surface area contributed by atoms with Crippen molar-refractivity contribution in [3.05, 3.63) is 0 Å². The highest BCUT2D eigenvalue weighted by molar-refractivity contribution is 7.40. The Labute approximate surface area is 191 Å². The molecule has 184 valence electrons. The molecule has 0 unspecified atom stereocenters. The molecular formula is C24H54NO4P. The van der Waals surface area contributed by atoms with Crippen LogP contribution in [0.5, 0.6) is 0 Å². The van der Waals surface area contributed by atoms with Gasteiger partial charge in [-0.05, 0) is 51.4 Å². The maximum Gasteiger partial charge on any atom is 1.00 e. The number of quaternary nitrogens is 1. The van der Waals surface area contributed by atoms with Gasteiger partial charge in [-0.15, -0.1) is 0 Å². The third kappa shape index (κ3) is 26.1. The van der Waals surface area contributed by atoms with Crippen molar-refractivity contribution in [2.75, 3.05) is 26.2 Å². The molecule has 0 saturated carbocycles. The van der Waals surface area contributed by atoms with Gasteiger partial charge in [0.15, 0.2) is 0 Å². The van der Waals surface area contributed by atoms with Gasteiger partial charge in [-0.3, -0.25) is 0 Å². The first-order chi connectivity index (χ1) is 14.2. The Kier molecular flexibility index (Phi) is 23.9. The summed E-state index contributed by atoms with van der Waals surface area (Å²) in [5, 5.41) is 0. The lowest BCUT2D eigenvalue weighted by Gasteiger charge is -2.39. The Morgan fingerprint density at radius 3 is 0.867 bits per heavy atom. The molecule has 5 nitrogen and oxygen atoms in total. The second kappa shape index (κ2) is 22.3. The van der Waals surface area contributed by atoms with Gasteiger partial charge in [-0.2, -0.15) is 7.82 Å². The highest BCUT2D eigenvalue weighted by atomic mass is 31.2. The fraction of sp³-hybridized carbons (Fsp3) is 1.00. The van der Waals surface area contributed by atoms with E-state index in [2.05, 4.69) is 27.7 Å². The van der Waals surface area contributed by atoms with Crippen LogP contribution in [0.4, 0.5) is 0 Å². The molecule has 0 rings (SSSR count). The van der Waals surface area contributed by atoms with Crippen molar-refractivity contribution >= 4 is 7.82 Å². The number of rotatable bonds is 20. The Bertz CT molecular complexity index is 336. The zero-order valence-corrected chi connectivity index (χ0v) is 21.6. The summed E-state index contributed by atoms with van der Waals surface area (Å²) >= 11 is 0. The van der Waals surface area contributed by atoms with Gasteiger partial charge in [0.25, 0.3) is 0 Å². The van der Waals surface area contributed by atoms with E-state index in [0.29, 0.717) is 0 Å². The summed E-state index contributed by atoms with van der Waals surface area (Å²) in [6.45, 7) is 15.2. The van der Waals surface area contributed by atoms with E-state index in [-0.39, 0.29) is 2.85 Å². The van der Waals surface area contributed by atoms with Crippen LogP contribution >= 0.6 is 7.82 Å². The fourth-order valence-corrected chi connectivity index (χ4v) is 4.17. The van der Waals surface area contributed by atoms with Crippen LogP contribution in [0.15, 0.2) is 0 Å². The monoisotopic (exact) mass is 451 g/mol. The number of hydrogen-bond acceptors (Lipinski definition) is 4. The maximum absolute atomic E-state index is 8.55. The first kappa shape index (κ1) is 32.3. The van der Waals surface area contributed by atoms with E-state index in [0.717, 1.165) is 0 Å². The van der Waals surface area contributed by atoms with Gasteiger partial charge in [0.05, 0.1) is 26.2 Å². The summed E-state index contributed by atoms with van der Waals surface area (Å²) in [6, 6.07) is 0. The standard InChI is InChI=1S/C24H52N.H3O4P/c1-5-9-13-17-21-25(22-18-14-10-6-2,23-19-15-11-7-3)24-20-16-12-8-4;1-5(2,3)4/h5-24H2,1-4H3;(H3,1,2,3,4)/q+1;/p-1. The largest absolute Gasteiger partial charge is 1.00 e. The molecule has 0 radical (unpaired) electrons. The van der Waals surface area contributed by atoms with Crippen molar-refractivity contribution in [2.24, 2.45) is 0 Å². The summed E-state index contributed by atoms with van der Waals surface area (Å²) < 4.78 is 10.0. The molecule has 0 bridgehead atoms. The first-order valence-corrected chi connectivity index (χ1v) is 14.3. The van der Waals surface area contributed by atoms with Gasteiger partial charge in [-0.25, -0.2) is 0 Å². The third-order valence-electron chi connectivity index (χ3n) is 5.94. The Balaban J connectivity index is -0.000000501. The first-order valence-electron chi connectivity index (χ1n) is 12.8. The van der Waals surface area contributed by atoms with Crippen molar-refractivity contribution in [3.63, 3.8) is 0 Å². The average Bonchev–Trinajstić information content (AvgIpc) is 2.68. The molecule has 0 aromatic rings. The fourth-order valence-electron chi connectivity index (χ4n) is 4.17. The van der Waals surface area contributed by atoms with E-state index < -0.39 is 7.82 Å².